The van der Waals surface area contributed by atoms with Crippen molar-refractivity contribution in [2.75, 3.05) is 32.6 Å². The quantitative estimate of drug-likeness (QED) is 0.435. The number of carbonyl (C=O) groups is 2. The molecule has 2 N–H and O–H groups in total. The molecule has 0 radical (unpaired) electrons. The lowest BCUT2D eigenvalue weighted by atomic mass is 9.38. The normalized spacial score (nSPS) is 25.6. The lowest BCUT2D eigenvalue weighted by Crippen LogP contribution is -2.61. The summed E-state index contributed by atoms with van der Waals surface area (Å²) in [6, 6.07) is 7.88. The van der Waals surface area contributed by atoms with Gasteiger partial charge in [-0.2, -0.15) is 0 Å². The summed E-state index contributed by atoms with van der Waals surface area (Å²) in [5.41, 5.74) is 3.17. The second kappa shape index (κ2) is 11.8. The summed E-state index contributed by atoms with van der Waals surface area (Å²) < 4.78 is 10.8. The molecule has 2 fully saturated rings. The Kier molecular flexibility index (Phi) is 8.73. The maximum atomic E-state index is 12.7. The van der Waals surface area contributed by atoms with E-state index in [1.54, 1.807) is 18.4 Å². The Labute approximate surface area is 219 Å². The first kappa shape index (κ1) is 26.7. The predicted molar refractivity (Wildman–Crippen MR) is 145 cm³/mol. The van der Waals surface area contributed by atoms with Crippen molar-refractivity contribution in [3.63, 3.8) is 0 Å². The van der Waals surface area contributed by atoms with E-state index < -0.39 is 0 Å². The summed E-state index contributed by atoms with van der Waals surface area (Å²) in [6.07, 6.45) is 7.70. The number of para-hydroxylation sites is 1. The van der Waals surface area contributed by atoms with Crippen LogP contribution in [0.3, 0.4) is 0 Å². The van der Waals surface area contributed by atoms with E-state index in [1.165, 1.54) is 32.0 Å². The van der Waals surface area contributed by atoms with E-state index in [1.807, 2.05) is 31.3 Å². The van der Waals surface area contributed by atoms with Crippen LogP contribution in [0.2, 0.25) is 0 Å². The molecule has 3 aliphatic rings. The molecule has 2 aromatic rings. The molecule has 2 saturated carbocycles. The first-order chi connectivity index (χ1) is 17.5. The van der Waals surface area contributed by atoms with Gasteiger partial charge in [-0.05, 0) is 60.6 Å². The van der Waals surface area contributed by atoms with Gasteiger partial charge in [0.2, 0.25) is 0 Å². The zero-order chi connectivity index (χ0) is 25.7. The van der Waals surface area contributed by atoms with Crippen LogP contribution in [0.4, 0.5) is 5.00 Å². The fourth-order valence-corrected chi connectivity index (χ4v) is 7.65. The Hall–Kier alpha value is -2.38. The molecule has 0 saturated heterocycles. The average Bonchev–Trinajstić information content (AvgIpc) is 3.29. The van der Waals surface area contributed by atoms with Gasteiger partial charge in [0.05, 0.1) is 25.9 Å². The van der Waals surface area contributed by atoms with Crippen LogP contribution in [0, 0.1) is 23.2 Å². The summed E-state index contributed by atoms with van der Waals surface area (Å²) in [5.74, 6) is 3.34. The smallest absolute Gasteiger partial charge is 0.254 e. The van der Waals surface area contributed by atoms with Gasteiger partial charge in [-0.3, -0.25) is 4.79 Å². The van der Waals surface area contributed by atoms with E-state index in [9.17, 15) is 9.59 Å². The van der Waals surface area contributed by atoms with Crippen LogP contribution in [0.1, 0.15) is 65.9 Å². The van der Waals surface area contributed by atoms with Gasteiger partial charge in [0, 0.05) is 23.9 Å². The number of rotatable bonds is 9. The van der Waals surface area contributed by atoms with Gasteiger partial charge < -0.3 is 24.9 Å². The first-order valence-electron chi connectivity index (χ1n) is 13.3. The van der Waals surface area contributed by atoms with Crippen molar-refractivity contribution >= 4 is 28.5 Å². The second-order valence-electron chi connectivity index (χ2n) is 10.2. The number of thiophene rings is 1. The lowest BCUT2D eigenvalue weighted by molar-refractivity contribution is -0.183. The van der Waals surface area contributed by atoms with Gasteiger partial charge in [0.15, 0.2) is 0 Å². The zero-order valence-corrected chi connectivity index (χ0v) is 22.8. The number of hydrogen-bond donors (Lipinski definition) is 2. The number of aldehydes is 1. The minimum atomic E-state index is -0.0198. The number of fused-ring (bicyclic) bond motifs is 2. The van der Waals surface area contributed by atoms with Gasteiger partial charge in [0.1, 0.15) is 17.0 Å². The molecule has 2 aliphatic carbocycles. The average molecular weight is 513 g/mol. The van der Waals surface area contributed by atoms with Crippen LogP contribution in [0.25, 0.3) is 0 Å². The maximum Gasteiger partial charge on any atom is 0.254 e. The number of anilines is 1. The molecule has 2 heterocycles. The molecule has 36 heavy (non-hydrogen) atoms. The van der Waals surface area contributed by atoms with Crippen molar-refractivity contribution in [1.82, 2.24) is 5.32 Å². The van der Waals surface area contributed by atoms with Crippen LogP contribution >= 0.6 is 11.3 Å². The third-order valence-corrected chi connectivity index (χ3v) is 9.62. The number of amides is 1. The summed E-state index contributed by atoms with van der Waals surface area (Å²) in [5, 5.41) is 7.10. The molecule has 5 rings (SSSR count). The monoisotopic (exact) mass is 512 g/mol. The molecule has 2 atom stereocenters. The van der Waals surface area contributed by atoms with E-state index in [-0.39, 0.29) is 11.3 Å². The van der Waals surface area contributed by atoms with E-state index in [0.717, 1.165) is 62.9 Å². The standard InChI is InChI=1S/C18H22N2O3S.C11H18O/c1-19-18-16(13-8-10-23-11-15(13)24-18)17(21)20-9-7-12-5-3-4-6-14(12)22-2;1-3-8-5-11(7-12)6-9(4-2)10(8)11/h3-6,19H,7-11H2,1-2H3,(H,20,21);7-10H,3-6H2,1-2H3. The summed E-state index contributed by atoms with van der Waals surface area (Å²) in [6.45, 7) is 6.36. The largest absolute Gasteiger partial charge is 0.496 e. The number of nitrogens with one attached hydrogen (secondary N) is 2. The van der Waals surface area contributed by atoms with Crippen molar-refractivity contribution in [2.45, 2.75) is 59.0 Å². The predicted octanol–water partition coefficient (Wildman–Crippen LogP) is 5.49. The maximum absolute atomic E-state index is 12.7. The first-order valence-corrected chi connectivity index (χ1v) is 14.1. The molecule has 1 amide bonds. The Morgan fingerprint density at radius 1 is 1.22 bits per heavy atom. The molecule has 196 valence electrons. The second-order valence-corrected chi connectivity index (χ2v) is 11.3. The highest BCUT2D eigenvalue weighted by Crippen LogP contribution is 2.67. The van der Waals surface area contributed by atoms with Crippen LogP contribution < -0.4 is 15.4 Å². The van der Waals surface area contributed by atoms with Crippen molar-refractivity contribution in [3.8, 4) is 5.75 Å². The molecular formula is C29H40N2O4S. The van der Waals surface area contributed by atoms with Gasteiger partial charge in [-0.25, -0.2) is 0 Å². The van der Waals surface area contributed by atoms with Crippen LogP contribution in [0.15, 0.2) is 24.3 Å². The highest BCUT2D eigenvalue weighted by molar-refractivity contribution is 7.16. The van der Waals surface area contributed by atoms with Gasteiger partial charge in [-0.15, -0.1) is 11.3 Å². The number of hydrogen-bond acceptors (Lipinski definition) is 6. The van der Waals surface area contributed by atoms with E-state index >= 15 is 0 Å². The van der Waals surface area contributed by atoms with E-state index in [2.05, 4.69) is 24.5 Å². The van der Waals surface area contributed by atoms with E-state index in [4.69, 9.17) is 9.47 Å². The molecule has 1 aliphatic heterocycles. The Bertz CT molecular complexity index is 1050. The van der Waals surface area contributed by atoms with Crippen molar-refractivity contribution < 1.29 is 19.1 Å². The van der Waals surface area contributed by atoms with Crippen molar-refractivity contribution in [1.29, 1.82) is 0 Å². The SMILES string of the molecule is CCC1CC2(C=O)CC(CC)C12.CNc1sc2c(c1C(=O)NCCc1ccccc1OC)CCOC2. The minimum absolute atomic E-state index is 0.0198. The molecule has 0 spiro atoms. The van der Waals surface area contributed by atoms with E-state index in [0.29, 0.717) is 19.8 Å². The topological polar surface area (TPSA) is 76.7 Å². The van der Waals surface area contributed by atoms with Crippen LogP contribution in [-0.2, 0) is 29.0 Å². The molecule has 0 bridgehead atoms. The summed E-state index contributed by atoms with van der Waals surface area (Å²) in [4.78, 5) is 24.7. The molecule has 7 heteroatoms. The Morgan fingerprint density at radius 3 is 2.58 bits per heavy atom. The highest BCUT2D eigenvalue weighted by Gasteiger charge is 2.63. The Balaban J connectivity index is 0.000000211. The molecule has 1 aromatic carbocycles. The third kappa shape index (κ3) is 5.05. The number of ether oxygens (including phenoxy) is 2. The highest BCUT2D eigenvalue weighted by atomic mass is 32.1. The van der Waals surface area contributed by atoms with Gasteiger partial charge in [0.25, 0.3) is 5.91 Å². The number of benzene rings is 1. The molecule has 2 unspecified atom stereocenters. The van der Waals surface area contributed by atoms with Crippen LogP contribution in [0.5, 0.6) is 5.75 Å². The van der Waals surface area contributed by atoms with Gasteiger partial charge in [-0.1, -0.05) is 44.9 Å². The lowest BCUT2D eigenvalue weighted by Gasteiger charge is -2.65. The Morgan fingerprint density at radius 2 is 1.94 bits per heavy atom. The molecule has 6 nitrogen and oxygen atoms in total. The summed E-state index contributed by atoms with van der Waals surface area (Å²) >= 11 is 1.61. The third-order valence-electron chi connectivity index (χ3n) is 8.39. The molecule has 1 aromatic heterocycles. The number of carbonyl (C=O) groups excluding carboxylic acids is 2. The fraction of sp³-hybridized carbons (Fsp3) is 0.586. The molecular weight excluding hydrogens is 472 g/mol. The zero-order valence-electron chi connectivity index (χ0n) is 22.0. The number of methoxy groups -OCH3 is 1. The van der Waals surface area contributed by atoms with Crippen LogP contribution in [-0.4, -0.2) is 39.5 Å². The van der Waals surface area contributed by atoms with Crippen molar-refractivity contribution in [3.05, 3.63) is 45.8 Å². The van der Waals surface area contributed by atoms with Crippen molar-refractivity contribution in [2.24, 2.45) is 23.2 Å². The fourth-order valence-electron chi connectivity index (χ4n) is 6.52. The summed E-state index contributed by atoms with van der Waals surface area (Å²) in [7, 11) is 3.51. The van der Waals surface area contributed by atoms with Gasteiger partial charge >= 0.3 is 0 Å². The minimum Gasteiger partial charge on any atom is -0.496 e.